The first kappa shape index (κ1) is 8.88. The Morgan fingerprint density at radius 2 is 2.33 bits per heavy atom. The SMILES string of the molecule is NCC1(c2ncc3ccccn23)COC1. The Morgan fingerprint density at radius 3 is 3.00 bits per heavy atom. The van der Waals surface area contributed by atoms with Crippen LogP contribution in [-0.4, -0.2) is 29.1 Å². The first-order chi connectivity index (χ1) is 7.36. The van der Waals surface area contributed by atoms with E-state index in [0.29, 0.717) is 19.8 Å². The summed E-state index contributed by atoms with van der Waals surface area (Å²) in [6, 6.07) is 6.05. The van der Waals surface area contributed by atoms with Crippen LogP contribution in [0.3, 0.4) is 0 Å². The summed E-state index contributed by atoms with van der Waals surface area (Å²) in [5.41, 5.74) is 6.85. The van der Waals surface area contributed by atoms with Crippen molar-refractivity contribution < 1.29 is 4.74 Å². The normalized spacial score (nSPS) is 19.0. The largest absolute Gasteiger partial charge is 0.379 e. The summed E-state index contributed by atoms with van der Waals surface area (Å²) in [5.74, 6) is 1.02. The second-order valence-corrected chi connectivity index (χ2v) is 4.05. The average molecular weight is 203 g/mol. The third kappa shape index (κ3) is 1.12. The number of nitrogens with zero attached hydrogens (tertiary/aromatic N) is 2. The monoisotopic (exact) mass is 203 g/mol. The fourth-order valence-electron chi connectivity index (χ4n) is 2.02. The molecule has 0 atom stereocenters. The molecule has 3 heterocycles. The fraction of sp³-hybridized carbons (Fsp3) is 0.364. The predicted molar refractivity (Wildman–Crippen MR) is 56.7 cm³/mol. The van der Waals surface area contributed by atoms with Crippen LogP contribution < -0.4 is 5.73 Å². The van der Waals surface area contributed by atoms with Gasteiger partial charge >= 0.3 is 0 Å². The Morgan fingerprint density at radius 1 is 1.47 bits per heavy atom. The topological polar surface area (TPSA) is 52.5 Å². The van der Waals surface area contributed by atoms with E-state index in [1.54, 1.807) is 0 Å². The van der Waals surface area contributed by atoms with Gasteiger partial charge in [0.25, 0.3) is 0 Å². The quantitative estimate of drug-likeness (QED) is 0.776. The van der Waals surface area contributed by atoms with Crippen molar-refractivity contribution in [3.8, 4) is 0 Å². The standard InChI is InChI=1S/C11H13N3O/c12-6-11(7-15-8-11)10-13-5-9-3-1-2-4-14(9)10/h1-5H,6-8,12H2. The van der Waals surface area contributed by atoms with E-state index in [1.165, 1.54) is 0 Å². The molecule has 4 heteroatoms. The Hall–Kier alpha value is -1.39. The molecule has 0 unspecified atom stereocenters. The van der Waals surface area contributed by atoms with Gasteiger partial charge in [-0.2, -0.15) is 0 Å². The van der Waals surface area contributed by atoms with Gasteiger partial charge in [0.2, 0.25) is 0 Å². The van der Waals surface area contributed by atoms with Crippen LogP contribution in [0.2, 0.25) is 0 Å². The lowest BCUT2D eigenvalue weighted by Gasteiger charge is -2.39. The van der Waals surface area contributed by atoms with Gasteiger partial charge in [-0.05, 0) is 12.1 Å². The Balaban J connectivity index is 2.18. The maximum atomic E-state index is 5.82. The Kier molecular flexibility index (Phi) is 1.81. The van der Waals surface area contributed by atoms with Crippen molar-refractivity contribution in [2.45, 2.75) is 5.41 Å². The van der Waals surface area contributed by atoms with Crippen molar-refractivity contribution in [2.75, 3.05) is 19.8 Å². The molecular formula is C11H13N3O. The Labute approximate surface area is 87.7 Å². The highest BCUT2D eigenvalue weighted by atomic mass is 16.5. The summed E-state index contributed by atoms with van der Waals surface area (Å²) in [5, 5.41) is 0. The van der Waals surface area contributed by atoms with Gasteiger partial charge in [-0.15, -0.1) is 0 Å². The van der Waals surface area contributed by atoms with E-state index in [4.69, 9.17) is 10.5 Å². The van der Waals surface area contributed by atoms with Gasteiger partial charge in [0.05, 0.1) is 30.3 Å². The minimum Gasteiger partial charge on any atom is -0.379 e. The summed E-state index contributed by atoms with van der Waals surface area (Å²) in [7, 11) is 0. The molecule has 15 heavy (non-hydrogen) atoms. The van der Waals surface area contributed by atoms with E-state index >= 15 is 0 Å². The molecule has 1 fully saturated rings. The molecular weight excluding hydrogens is 190 g/mol. The molecule has 0 radical (unpaired) electrons. The minimum absolute atomic E-state index is 0.0756. The Bertz CT molecular complexity index is 482. The number of hydrogen-bond donors (Lipinski definition) is 1. The number of nitrogens with two attached hydrogens (primary N) is 1. The summed E-state index contributed by atoms with van der Waals surface area (Å²) < 4.78 is 7.36. The van der Waals surface area contributed by atoms with E-state index in [1.807, 2.05) is 30.6 Å². The average Bonchev–Trinajstić information content (AvgIpc) is 2.62. The molecule has 1 aliphatic rings. The first-order valence-corrected chi connectivity index (χ1v) is 5.06. The van der Waals surface area contributed by atoms with Crippen molar-refractivity contribution in [3.63, 3.8) is 0 Å². The van der Waals surface area contributed by atoms with E-state index in [-0.39, 0.29) is 5.41 Å². The molecule has 2 aromatic heterocycles. The fourth-order valence-corrected chi connectivity index (χ4v) is 2.02. The van der Waals surface area contributed by atoms with Gasteiger partial charge in [-0.3, -0.25) is 0 Å². The molecule has 0 bridgehead atoms. The third-order valence-corrected chi connectivity index (χ3v) is 3.06. The van der Waals surface area contributed by atoms with Gasteiger partial charge in [0.15, 0.2) is 0 Å². The van der Waals surface area contributed by atoms with Crippen LogP contribution in [0.25, 0.3) is 5.52 Å². The lowest BCUT2D eigenvalue weighted by atomic mass is 9.85. The lowest BCUT2D eigenvalue weighted by molar-refractivity contribution is -0.0596. The maximum Gasteiger partial charge on any atom is 0.125 e. The molecule has 4 nitrogen and oxygen atoms in total. The summed E-state index contributed by atoms with van der Waals surface area (Å²) in [6.07, 6.45) is 3.90. The molecule has 0 saturated carbocycles. The van der Waals surface area contributed by atoms with Crippen molar-refractivity contribution in [3.05, 3.63) is 36.4 Å². The maximum absolute atomic E-state index is 5.82. The predicted octanol–water partition coefficient (Wildman–Crippen LogP) is 0.561. The number of ether oxygens (including phenoxy) is 1. The zero-order chi connectivity index (χ0) is 10.3. The molecule has 1 aliphatic heterocycles. The van der Waals surface area contributed by atoms with Crippen LogP contribution in [0.4, 0.5) is 0 Å². The van der Waals surface area contributed by atoms with Crippen LogP contribution in [0, 0.1) is 0 Å². The first-order valence-electron chi connectivity index (χ1n) is 5.06. The number of pyridine rings is 1. The van der Waals surface area contributed by atoms with Crippen LogP contribution in [-0.2, 0) is 10.2 Å². The van der Waals surface area contributed by atoms with Crippen molar-refractivity contribution in [1.29, 1.82) is 0 Å². The van der Waals surface area contributed by atoms with E-state index in [0.717, 1.165) is 11.3 Å². The molecule has 0 aliphatic carbocycles. The van der Waals surface area contributed by atoms with Crippen LogP contribution in [0.5, 0.6) is 0 Å². The molecule has 1 saturated heterocycles. The second kappa shape index (κ2) is 3.05. The molecule has 2 N–H and O–H groups in total. The zero-order valence-electron chi connectivity index (χ0n) is 8.39. The van der Waals surface area contributed by atoms with Crippen LogP contribution in [0.1, 0.15) is 5.82 Å². The summed E-state index contributed by atoms with van der Waals surface area (Å²) in [4.78, 5) is 4.46. The molecule has 78 valence electrons. The van der Waals surface area contributed by atoms with Gasteiger partial charge in [-0.1, -0.05) is 6.07 Å². The highest BCUT2D eigenvalue weighted by Crippen LogP contribution is 2.30. The number of fused-ring (bicyclic) bond motifs is 1. The van der Waals surface area contributed by atoms with Crippen molar-refractivity contribution >= 4 is 5.52 Å². The number of hydrogen-bond acceptors (Lipinski definition) is 3. The molecule has 0 aromatic carbocycles. The summed E-state index contributed by atoms with van der Waals surface area (Å²) in [6.45, 7) is 1.94. The lowest BCUT2D eigenvalue weighted by Crippen LogP contribution is -2.53. The van der Waals surface area contributed by atoms with Gasteiger partial charge in [0, 0.05) is 12.7 Å². The minimum atomic E-state index is -0.0756. The number of rotatable bonds is 2. The van der Waals surface area contributed by atoms with E-state index < -0.39 is 0 Å². The highest BCUT2D eigenvalue weighted by molar-refractivity contribution is 5.47. The number of imidazole rings is 1. The molecule has 0 amide bonds. The van der Waals surface area contributed by atoms with Gasteiger partial charge in [-0.25, -0.2) is 4.98 Å². The third-order valence-electron chi connectivity index (χ3n) is 3.06. The van der Waals surface area contributed by atoms with Crippen molar-refractivity contribution in [2.24, 2.45) is 5.73 Å². The van der Waals surface area contributed by atoms with E-state index in [2.05, 4.69) is 9.38 Å². The second-order valence-electron chi connectivity index (χ2n) is 4.05. The summed E-state index contributed by atoms with van der Waals surface area (Å²) >= 11 is 0. The van der Waals surface area contributed by atoms with Crippen molar-refractivity contribution in [1.82, 2.24) is 9.38 Å². The van der Waals surface area contributed by atoms with E-state index in [9.17, 15) is 0 Å². The number of aromatic nitrogens is 2. The molecule has 2 aromatic rings. The molecule has 3 rings (SSSR count). The van der Waals surface area contributed by atoms with Crippen LogP contribution in [0.15, 0.2) is 30.6 Å². The molecule has 0 spiro atoms. The van der Waals surface area contributed by atoms with Crippen LogP contribution >= 0.6 is 0 Å². The van der Waals surface area contributed by atoms with Gasteiger partial charge in [0.1, 0.15) is 5.82 Å². The highest BCUT2D eigenvalue weighted by Gasteiger charge is 2.42. The smallest absolute Gasteiger partial charge is 0.125 e. The van der Waals surface area contributed by atoms with Gasteiger partial charge < -0.3 is 14.9 Å². The zero-order valence-corrected chi connectivity index (χ0v) is 8.39.